The van der Waals surface area contributed by atoms with E-state index in [1.54, 1.807) is 0 Å². The van der Waals surface area contributed by atoms with Gasteiger partial charge in [0.05, 0.1) is 0 Å². The van der Waals surface area contributed by atoms with E-state index in [-0.39, 0.29) is 32.7 Å². The van der Waals surface area contributed by atoms with Crippen LogP contribution in [0.4, 0.5) is 0 Å². The molecule has 2 heteroatoms. The summed E-state index contributed by atoms with van der Waals surface area (Å²) < 4.78 is 6.03. The first kappa shape index (κ1) is 4.64. The van der Waals surface area contributed by atoms with Crippen LogP contribution < -0.4 is 5.73 Å². The molecule has 1 radical (unpaired) electrons. The van der Waals surface area contributed by atoms with Gasteiger partial charge in [-0.3, -0.25) is 6.58 Å². The predicted octanol–water partition coefficient (Wildman–Crippen LogP) is -0.111. The van der Waals surface area contributed by atoms with E-state index in [2.05, 4.69) is 12.8 Å². The maximum Gasteiger partial charge on any atom is 0.115 e. The summed E-state index contributed by atoms with van der Waals surface area (Å²) in [4.78, 5) is 0. The molecule has 0 atom stereocenters. The molecular weight excluding hydrogens is 127 g/mol. The average Bonchev–Trinajstić information content (AvgIpc) is 1.37. The molecule has 2 N–H and O–H groups in total. The van der Waals surface area contributed by atoms with Crippen LogP contribution >= 0.6 is 0 Å². The Kier molecular flexibility index (Phi) is 10.9. The first-order valence-corrected chi connectivity index (χ1v) is 0.604. The summed E-state index contributed by atoms with van der Waals surface area (Å²) in [7, 11) is 0. The van der Waals surface area contributed by atoms with Gasteiger partial charge in [0.15, 0.2) is 0 Å². The van der Waals surface area contributed by atoms with E-state index in [1.165, 1.54) is 0 Å². The fraction of sp³-hybridized carbons (Fsp3) is 0. The summed E-state index contributed by atoms with van der Waals surface area (Å²) in [5, 5.41) is 0. The molecular formula is C2H4NY-. The summed E-state index contributed by atoms with van der Waals surface area (Å²) in [6.45, 7) is 3.06. The molecule has 0 amide bonds. The third-order valence-corrected chi connectivity index (χ3v) is 0. The fourth-order valence-corrected chi connectivity index (χ4v) is 0. The van der Waals surface area contributed by atoms with E-state index in [0.717, 1.165) is 0 Å². The number of rotatable bonds is 1. The summed E-state index contributed by atoms with van der Waals surface area (Å²) >= 11 is 0. The van der Waals surface area contributed by atoms with E-state index in [0.29, 0.717) is 0 Å². The predicted molar refractivity (Wildman–Crippen MR) is 13.1 cm³/mol. The van der Waals surface area contributed by atoms with Crippen molar-refractivity contribution in [1.82, 2.24) is 0 Å². The van der Waals surface area contributed by atoms with E-state index in [4.69, 9.17) is 1.41 Å². The van der Waals surface area contributed by atoms with Gasteiger partial charge in [-0.25, -0.2) is 0 Å². The summed E-state index contributed by atoms with van der Waals surface area (Å²) in [6.07, 6.45) is 2.10. The monoisotopic (exact) mass is 133 g/mol. The zero-order valence-corrected chi connectivity index (χ0v) is 5.12. The average molecular weight is 133 g/mol. The molecule has 0 rings (SSSR count). The summed E-state index contributed by atoms with van der Waals surface area (Å²) in [5.74, 6) is 0. The van der Waals surface area contributed by atoms with Gasteiger partial charge in [0.2, 0.25) is 0 Å². The van der Waals surface area contributed by atoms with Gasteiger partial charge in [-0.1, -0.05) is 0 Å². The molecule has 0 aliphatic heterocycles. The zero-order valence-electron chi connectivity index (χ0n) is 3.28. The van der Waals surface area contributed by atoms with Crippen LogP contribution in [-0.2, 0) is 32.7 Å². The van der Waals surface area contributed by atoms with Crippen molar-refractivity contribution in [2.45, 2.75) is 0 Å². The Bertz CT molecular complexity index is 23.6. The van der Waals surface area contributed by atoms with Crippen LogP contribution in [0.3, 0.4) is 0 Å². The number of hydrogen-bond donors (Lipinski definition) is 1. The van der Waals surface area contributed by atoms with Crippen molar-refractivity contribution in [2.75, 3.05) is 0 Å². The Labute approximate surface area is 52.6 Å². The standard InChI is InChI=1S/C2H4N.Y/c1-2-3;/h1,3H2;/q-1;/i/hT. The van der Waals surface area contributed by atoms with Gasteiger partial charge < -0.3 is 11.9 Å². The minimum Gasteiger partial charge on any atom is -0.580 e. The van der Waals surface area contributed by atoms with Crippen LogP contribution in [-0.4, -0.2) is 0 Å². The van der Waals surface area contributed by atoms with Gasteiger partial charge in [0.25, 0.3) is 0 Å². The molecule has 0 unspecified atom stereocenters. The molecule has 0 aromatic heterocycles. The maximum absolute atomic E-state index is 6.03. The molecule has 1 nitrogen and oxygen atoms in total. The second-order valence-corrected chi connectivity index (χ2v) is 0.177. The van der Waals surface area contributed by atoms with Crippen LogP contribution in [0.25, 0.3) is 0 Å². The van der Waals surface area contributed by atoms with Gasteiger partial charge >= 0.3 is 0 Å². The van der Waals surface area contributed by atoms with Crippen LogP contribution in [0.2, 0.25) is 1.41 Å². The second-order valence-electron chi connectivity index (χ2n) is 0.177. The third kappa shape index (κ3) is 17.2. The maximum atomic E-state index is 6.03. The van der Waals surface area contributed by atoms with Crippen molar-refractivity contribution in [3.8, 4) is 0 Å². The molecule has 0 aliphatic carbocycles. The topological polar surface area (TPSA) is 26.0 Å². The zero-order chi connectivity index (χ0) is 3.41. The van der Waals surface area contributed by atoms with Crippen molar-refractivity contribution in [1.29, 1.82) is 0 Å². The van der Waals surface area contributed by atoms with E-state index in [9.17, 15) is 0 Å². The van der Waals surface area contributed by atoms with Gasteiger partial charge in [-0.05, 0) is 0 Å². The van der Waals surface area contributed by atoms with Crippen LogP contribution in [0.15, 0.2) is 6.58 Å². The van der Waals surface area contributed by atoms with Crippen LogP contribution in [0, 0.1) is 6.20 Å². The molecule has 0 fully saturated rings. The van der Waals surface area contributed by atoms with Crippen molar-refractivity contribution >= 4 is 0 Å². The van der Waals surface area contributed by atoms with E-state index < -0.39 is 0 Å². The Morgan fingerprint density at radius 3 is 2.50 bits per heavy atom. The third-order valence-electron chi connectivity index (χ3n) is 0. The van der Waals surface area contributed by atoms with Crippen molar-refractivity contribution in [2.24, 2.45) is 5.73 Å². The Morgan fingerprint density at radius 2 is 2.50 bits per heavy atom. The first-order chi connectivity index (χ1) is 1.91. The molecule has 0 bridgehead atoms. The first-order valence-electron chi connectivity index (χ1n) is 1.10. The van der Waals surface area contributed by atoms with Gasteiger partial charge in [0, 0.05) is 32.7 Å². The quantitative estimate of drug-likeness (QED) is 0.392. The van der Waals surface area contributed by atoms with Gasteiger partial charge in [-0.15, -0.1) is 0 Å². The molecule has 4 heavy (non-hydrogen) atoms. The minimum absolute atomic E-state index is 0. The Morgan fingerprint density at radius 1 is 2.25 bits per heavy atom. The second kappa shape index (κ2) is 9.43. The van der Waals surface area contributed by atoms with Gasteiger partial charge in [-0.2, -0.15) is 0 Å². The van der Waals surface area contributed by atoms with Crippen molar-refractivity contribution in [3.05, 3.63) is 12.8 Å². The minimum atomic E-state index is 0. The molecule has 0 heterocycles. The number of hydrogen-bond acceptors (Lipinski definition) is 1. The van der Waals surface area contributed by atoms with Gasteiger partial charge in [0.1, 0.15) is 1.41 Å². The normalized spacial score (nSPS) is 5.50. The molecule has 0 saturated carbocycles. The van der Waals surface area contributed by atoms with Crippen LogP contribution in [0.1, 0.15) is 0 Å². The van der Waals surface area contributed by atoms with Crippen molar-refractivity contribution in [3.63, 3.8) is 0 Å². The van der Waals surface area contributed by atoms with E-state index >= 15 is 0 Å². The van der Waals surface area contributed by atoms with Crippen LogP contribution in [0.5, 0.6) is 0 Å². The Balaban J connectivity index is 0. The summed E-state index contributed by atoms with van der Waals surface area (Å²) in [6, 6.07) is 0. The SMILES string of the molecule is [3H]N[C-]=C.[Y]. The molecule has 21 valence electrons. The Hall–Kier alpha value is 0.644. The molecule has 0 aliphatic rings. The van der Waals surface area contributed by atoms with Crippen molar-refractivity contribution < 1.29 is 34.1 Å². The smallest absolute Gasteiger partial charge is 0.115 e. The molecule has 0 spiro atoms. The van der Waals surface area contributed by atoms with E-state index in [1.807, 2.05) is 5.73 Å². The fourth-order valence-electron chi connectivity index (χ4n) is 0. The summed E-state index contributed by atoms with van der Waals surface area (Å²) in [5.41, 5.74) is 1.82. The molecule has 0 aromatic rings. The molecule has 0 saturated heterocycles. The number of nitrogens with two attached hydrogens (primary N) is 1. The largest absolute Gasteiger partial charge is 0.580 e. The molecule has 0 aromatic carbocycles.